The molecule has 1 N–H and O–H groups in total. The number of unbranched alkanes of at least 4 members (excludes halogenated alkanes) is 4. The summed E-state index contributed by atoms with van der Waals surface area (Å²) in [5.74, 6) is 1.91. The van der Waals surface area contributed by atoms with Gasteiger partial charge in [-0.25, -0.2) is 0 Å². The van der Waals surface area contributed by atoms with Crippen LogP contribution in [0.1, 0.15) is 68.5 Å². The summed E-state index contributed by atoms with van der Waals surface area (Å²) in [5.41, 5.74) is 3.75. The van der Waals surface area contributed by atoms with E-state index in [1.165, 1.54) is 42.5 Å². The molecule has 0 saturated heterocycles. The van der Waals surface area contributed by atoms with Crippen molar-refractivity contribution < 1.29 is 4.74 Å². The fourth-order valence-corrected chi connectivity index (χ4v) is 4.85. The molecule has 4 rings (SSSR count). The van der Waals surface area contributed by atoms with Crippen LogP contribution in [-0.2, 0) is 0 Å². The molecule has 3 atom stereocenters. The first-order valence-electron chi connectivity index (χ1n) is 10.7. The third kappa shape index (κ3) is 4.07. The van der Waals surface area contributed by atoms with Gasteiger partial charge in [-0.05, 0) is 54.2 Å². The molecule has 0 spiro atoms. The van der Waals surface area contributed by atoms with Gasteiger partial charge in [-0.15, -0.1) is 0 Å². The zero-order valence-corrected chi connectivity index (χ0v) is 17.4. The average molecular weight is 396 g/mol. The Hall–Kier alpha value is -1.93. The van der Waals surface area contributed by atoms with Gasteiger partial charge in [0.25, 0.3) is 0 Å². The number of ether oxygens (including phenoxy) is 1. The summed E-state index contributed by atoms with van der Waals surface area (Å²) in [7, 11) is 0. The molecule has 3 unspecified atom stereocenters. The molecule has 148 valence electrons. The van der Waals surface area contributed by atoms with Crippen LogP contribution in [0.25, 0.3) is 0 Å². The van der Waals surface area contributed by atoms with Gasteiger partial charge in [-0.1, -0.05) is 74.6 Å². The van der Waals surface area contributed by atoms with Crippen molar-refractivity contribution in [2.45, 2.75) is 57.4 Å². The first-order chi connectivity index (χ1) is 13.8. The van der Waals surface area contributed by atoms with Crippen molar-refractivity contribution in [2.24, 2.45) is 5.92 Å². The van der Waals surface area contributed by atoms with E-state index < -0.39 is 0 Å². The Balaban J connectivity index is 1.48. The van der Waals surface area contributed by atoms with Crippen LogP contribution >= 0.6 is 11.6 Å². The lowest BCUT2D eigenvalue weighted by Crippen LogP contribution is -2.29. The smallest absolute Gasteiger partial charge is 0.119 e. The SMILES string of the molecule is CCCCCCCOc1ccc2c(c1)C1C=CCC1C(c1ccccc1Cl)N2. The van der Waals surface area contributed by atoms with Crippen LogP contribution in [0.2, 0.25) is 5.02 Å². The minimum Gasteiger partial charge on any atom is -0.494 e. The second-order valence-electron chi connectivity index (χ2n) is 8.01. The van der Waals surface area contributed by atoms with Crippen molar-refractivity contribution in [1.82, 2.24) is 0 Å². The Kier molecular flexibility index (Phi) is 6.26. The molecule has 28 heavy (non-hydrogen) atoms. The second kappa shape index (κ2) is 9.05. The van der Waals surface area contributed by atoms with E-state index in [4.69, 9.17) is 16.3 Å². The zero-order chi connectivity index (χ0) is 19.3. The fourth-order valence-electron chi connectivity index (χ4n) is 4.59. The molecule has 1 aliphatic heterocycles. The van der Waals surface area contributed by atoms with Crippen LogP contribution in [0.15, 0.2) is 54.6 Å². The number of hydrogen-bond donors (Lipinski definition) is 1. The molecule has 0 radical (unpaired) electrons. The van der Waals surface area contributed by atoms with Crippen LogP contribution in [0.4, 0.5) is 5.69 Å². The molecule has 2 aromatic carbocycles. The van der Waals surface area contributed by atoms with Crippen molar-refractivity contribution in [1.29, 1.82) is 0 Å². The van der Waals surface area contributed by atoms with Gasteiger partial charge in [0.05, 0.1) is 12.6 Å². The number of nitrogens with one attached hydrogen (secondary N) is 1. The lowest BCUT2D eigenvalue weighted by atomic mass is 9.77. The lowest BCUT2D eigenvalue weighted by Gasteiger charge is -2.38. The fraction of sp³-hybridized carbons (Fsp3) is 0.440. The molecule has 1 aliphatic carbocycles. The van der Waals surface area contributed by atoms with Crippen LogP contribution in [-0.4, -0.2) is 6.61 Å². The lowest BCUT2D eigenvalue weighted by molar-refractivity contribution is 0.303. The van der Waals surface area contributed by atoms with E-state index in [2.05, 4.69) is 54.7 Å². The summed E-state index contributed by atoms with van der Waals surface area (Å²) < 4.78 is 6.06. The van der Waals surface area contributed by atoms with Gasteiger partial charge in [0, 0.05) is 16.6 Å². The van der Waals surface area contributed by atoms with Crippen LogP contribution < -0.4 is 10.1 Å². The third-order valence-electron chi connectivity index (χ3n) is 6.09. The van der Waals surface area contributed by atoms with Gasteiger partial charge in [-0.2, -0.15) is 0 Å². The highest BCUT2D eigenvalue weighted by Gasteiger charge is 2.38. The molecule has 0 fully saturated rings. The number of benzene rings is 2. The number of anilines is 1. The maximum absolute atomic E-state index is 6.52. The predicted molar refractivity (Wildman–Crippen MR) is 118 cm³/mol. The monoisotopic (exact) mass is 395 g/mol. The molecule has 2 nitrogen and oxygen atoms in total. The van der Waals surface area contributed by atoms with Gasteiger partial charge < -0.3 is 10.1 Å². The average Bonchev–Trinajstić information content (AvgIpc) is 3.21. The summed E-state index contributed by atoms with van der Waals surface area (Å²) in [4.78, 5) is 0. The number of fused-ring (bicyclic) bond motifs is 3. The van der Waals surface area contributed by atoms with Gasteiger partial charge in [0.1, 0.15) is 5.75 Å². The Morgan fingerprint density at radius 3 is 2.75 bits per heavy atom. The van der Waals surface area contributed by atoms with Crippen molar-refractivity contribution in [3.05, 3.63) is 70.8 Å². The standard InChI is InChI=1S/C25H30ClNO/c1-2-3-4-5-8-16-28-18-14-15-24-22(17-18)19-11-9-12-20(19)25(27-24)21-10-6-7-13-23(21)26/h6-7,9-11,13-15,17,19-20,25,27H,2-5,8,12,16H2,1H3. The van der Waals surface area contributed by atoms with Gasteiger partial charge in [-0.3, -0.25) is 0 Å². The van der Waals surface area contributed by atoms with E-state index in [0.717, 1.165) is 30.2 Å². The van der Waals surface area contributed by atoms with E-state index in [9.17, 15) is 0 Å². The zero-order valence-electron chi connectivity index (χ0n) is 16.7. The van der Waals surface area contributed by atoms with Crippen molar-refractivity contribution in [2.75, 3.05) is 11.9 Å². The van der Waals surface area contributed by atoms with Crippen molar-refractivity contribution in [3.63, 3.8) is 0 Å². The maximum Gasteiger partial charge on any atom is 0.119 e. The molecule has 0 saturated carbocycles. The predicted octanol–water partition coefficient (Wildman–Crippen LogP) is 7.52. The maximum atomic E-state index is 6.52. The number of rotatable bonds is 8. The minimum absolute atomic E-state index is 0.242. The molecule has 0 aromatic heterocycles. The van der Waals surface area contributed by atoms with Gasteiger partial charge in [0.15, 0.2) is 0 Å². The van der Waals surface area contributed by atoms with E-state index in [1.54, 1.807) is 0 Å². The highest BCUT2D eigenvalue weighted by atomic mass is 35.5. The second-order valence-corrected chi connectivity index (χ2v) is 8.42. The Labute approximate surface area is 173 Å². The van der Waals surface area contributed by atoms with Crippen LogP contribution in [0, 0.1) is 5.92 Å². The van der Waals surface area contributed by atoms with E-state index in [-0.39, 0.29) is 6.04 Å². The number of halogens is 1. The molecule has 1 heterocycles. The van der Waals surface area contributed by atoms with Crippen molar-refractivity contribution >= 4 is 17.3 Å². The summed E-state index contributed by atoms with van der Waals surface area (Å²) in [6.07, 6.45) is 12.1. The summed E-state index contributed by atoms with van der Waals surface area (Å²) in [5, 5.41) is 4.61. The van der Waals surface area contributed by atoms with Crippen molar-refractivity contribution in [3.8, 4) is 5.75 Å². The highest BCUT2D eigenvalue weighted by molar-refractivity contribution is 6.31. The van der Waals surface area contributed by atoms with Gasteiger partial charge in [0.2, 0.25) is 0 Å². The van der Waals surface area contributed by atoms with E-state index in [0.29, 0.717) is 11.8 Å². The summed E-state index contributed by atoms with van der Waals surface area (Å²) in [6.45, 7) is 3.06. The molecular weight excluding hydrogens is 366 g/mol. The first-order valence-corrected chi connectivity index (χ1v) is 11.1. The minimum atomic E-state index is 0.242. The molecule has 0 bridgehead atoms. The van der Waals surface area contributed by atoms with E-state index in [1.807, 2.05) is 12.1 Å². The summed E-state index contributed by atoms with van der Waals surface area (Å²) in [6, 6.07) is 15.0. The molecule has 0 amide bonds. The third-order valence-corrected chi connectivity index (χ3v) is 6.44. The largest absolute Gasteiger partial charge is 0.494 e. The molecule has 2 aliphatic rings. The molecule has 2 aromatic rings. The molecule has 3 heteroatoms. The van der Waals surface area contributed by atoms with E-state index >= 15 is 0 Å². The highest BCUT2D eigenvalue weighted by Crippen LogP contribution is 2.51. The van der Waals surface area contributed by atoms with Gasteiger partial charge >= 0.3 is 0 Å². The van der Waals surface area contributed by atoms with Crippen LogP contribution in [0.3, 0.4) is 0 Å². The summed E-state index contributed by atoms with van der Waals surface area (Å²) >= 11 is 6.52. The number of hydrogen-bond acceptors (Lipinski definition) is 2. The number of allylic oxidation sites excluding steroid dienone is 2. The molecular formula is C25H30ClNO. The Bertz CT molecular complexity index is 831. The first kappa shape index (κ1) is 19.4. The topological polar surface area (TPSA) is 21.3 Å². The quantitative estimate of drug-likeness (QED) is 0.368. The Morgan fingerprint density at radius 1 is 1.04 bits per heavy atom. The van der Waals surface area contributed by atoms with Crippen LogP contribution in [0.5, 0.6) is 5.75 Å². The normalized spacial score (nSPS) is 22.4. The Morgan fingerprint density at radius 2 is 1.89 bits per heavy atom.